The summed E-state index contributed by atoms with van der Waals surface area (Å²) in [5, 5.41) is 10.8. The van der Waals surface area contributed by atoms with Gasteiger partial charge in [-0.2, -0.15) is 0 Å². The van der Waals surface area contributed by atoms with E-state index >= 15 is 0 Å². The molecule has 3 saturated carbocycles. The zero-order valence-electron chi connectivity index (χ0n) is 27.0. The Hall–Kier alpha value is -0.466. The van der Waals surface area contributed by atoms with E-state index in [1.165, 1.54) is 31.3 Å². The van der Waals surface area contributed by atoms with Gasteiger partial charge in [-0.3, -0.25) is 0 Å². The summed E-state index contributed by atoms with van der Waals surface area (Å²) < 4.78 is 14.0. The smallest absolute Gasteiger partial charge is 0.192 e. The topological polar surface area (TPSA) is 38.7 Å². The molecule has 0 spiro atoms. The van der Waals surface area contributed by atoms with Gasteiger partial charge in [-0.1, -0.05) is 78.3 Å². The molecule has 3 aliphatic carbocycles. The SMILES string of the molecule is C=C1[C@H](O[Si](C)(C)C(C)(C)C)CC(=C/C=C2\CCC[C@]3(C)[C@@H]([C@H](C)O)CC[C@@H]23)C[C@H]1O[Si](C)(C)C(C)(C)C. The lowest BCUT2D eigenvalue weighted by molar-refractivity contribution is 0.0302. The van der Waals surface area contributed by atoms with Crippen molar-refractivity contribution in [2.45, 2.75) is 155 Å². The van der Waals surface area contributed by atoms with Crippen LogP contribution >= 0.6 is 0 Å². The molecular weight excluding hydrogens is 501 g/mol. The summed E-state index contributed by atoms with van der Waals surface area (Å²) in [6, 6.07) is 0. The van der Waals surface area contributed by atoms with E-state index in [0.717, 1.165) is 24.8 Å². The minimum absolute atomic E-state index is 0.0202. The summed E-state index contributed by atoms with van der Waals surface area (Å²) in [5.41, 5.74) is 4.42. The molecule has 0 aromatic heterocycles. The van der Waals surface area contributed by atoms with Crippen molar-refractivity contribution in [3.8, 4) is 0 Å². The highest BCUT2D eigenvalue weighted by atomic mass is 28.4. The highest BCUT2D eigenvalue weighted by molar-refractivity contribution is 6.74. The van der Waals surface area contributed by atoms with Gasteiger partial charge in [0.15, 0.2) is 16.6 Å². The predicted molar refractivity (Wildman–Crippen MR) is 169 cm³/mol. The van der Waals surface area contributed by atoms with Crippen LogP contribution in [0.4, 0.5) is 0 Å². The van der Waals surface area contributed by atoms with Crippen LogP contribution in [0.25, 0.3) is 0 Å². The molecule has 0 saturated heterocycles. The fraction of sp³-hybridized carbons (Fsp3) is 0.818. The number of allylic oxidation sites excluding steroid dienone is 3. The van der Waals surface area contributed by atoms with E-state index < -0.39 is 16.6 Å². The molecule has 3 fully saturated rings. The van der Waals surface area contributed by atoms with Gasteiger partial charge in [0.1, 0.15) is 0 Å². The summed E-state index contributed by atoms with van der Waals surface area (Å²) in [5.74, 6) is 1.02. The van der Waals surface area contributed by atoms with Gasteiger partial charge < -0.3 is 14.0 Å². The second kappa shape index (κ2) is 11.1. The zero-order valence-corrected chi connectivity index (χ0v) is 29.0. The van der Waals surface area contributed by atoms with Crippen LogP contribution in [-0.2, 0) is 8.85 Å². The number of hydrogen-bond donors (Lipinski definition) is 1. The quantitative estimate of drug-likeness (QED) is 0.260. The first-order valence-corrected chi connectivity index (χ1v) is 21.1. The van der Waals surface area contributed by atoms with Crippen molar-refractivity contribution in [1.82, 2.24) is 0 Å². The fourth-order valence-corrected chi connectivity index (χ4v) is 9.36. The van der Waals surface area contributed by atoms with Gasteiger partial charge in [0.25, 0.3) is 0 Å². The molecule has 0 aromatic carbocycles. The standard InChI is InChI=1S/C33H60O3Si2/c1-23-29(35-37(10,11)31(3,4)5)21-25(22-30(23)36-38(12,13)32(6,7)8)16-17-26-15-14-20-33(9)27(24(2)34)18-19-28(26)33/h16-17,24,27-30,34H,1,14-15,18-22H2,2-13H3/b26-17+/t24-,27+,28-,29+,30+,33+/m0/s1. The Balaban J connectivity index is 1.92. The molecule has 3 nitrogen and oxygen atoms in total. The molecule has 218 valence electrons. The van der Waals surface area contributed by atoms with Gasteiger partial charge in [0.05, 0.1) is 18.3 Å². The van der Waals surface area contributed by atoms with Crippen molar-refractivity contribution in [1.29, 1.82) is 0 Å². The van der Waals surface area contributed by atoms with Gasteiger partial charge in [0.2, 0.25) is 0 Å². The van der Waals surface area contributed by atoms with E-state index in [-0.39, 0.29) is 33.8 Å². The fourth-order valence-electron chi connectivity index (χ4n) is 6.76. The van der Waals surface area contributed by atoms with Gasteiger partial charge >= 0.3 is 0 Å². The van der Waals surface area contributed by atoms with Crippen molar-refractivity contribution in [3.05, 3.63) is 35.5 Å². The highest BCUT2D eigenvalue weighted by Crippen LogP contribution is 2.58. The van der Waals surface area contributed by atoms with Crippen LogP contribution < -0.4 is 0 Å². The van der Waals surface area contributed by atoms with Crippen LogP contribution in [0.3, 0.4) is 0 Å². The molecular formula is C33H60O3Si2. The zero-order chi connectivity index (χ0) is 28.9. The Morgan fingerprint density at radius 2 is 1.42 bits per heavy atom. The molecule has 0 bridgehead atoms. The summed E-state index contributed by atoms with van der Waals surface area (Å²) in [4.78, 5) is 0. The van der Waals surface area contributed by atoms with Crippen LogP contribution in [0.2, 0.25) is 36.3 Å². The number of hydrogen-bond acceptors (Lipinski definition) is 3. The van der Waals surface area contributed by atoms with E-state index in [4.69, 9.17) is 8.85 Å². The summed E-state index contributed by atoms with van der Waals surface area (Å²) >= 11 is 0. The summed E-state index contributed by atoms with van der Waals surface area (Å²) in [7, 11) is -3.92. The third-order valence-corrected chi connectivity index (χ3v) is 20.3. The van der Waals surface area contributed by atoms with Crippen LogP contribution in [0, 0.1) is 17.3 Å². The van der Waals surface area contributed by atoms with Gasteiger partial charge in [-0.05, 0) is 111 Å². The average Bonchev–Trinajstić information content (AvgIpc) is 3.11. The van der Waals surface area contributed by atoms with Crippen molar-refractivity contribution in [2.75, 3.05) is 0 Å². The molecule has 3 rings (SSSR count). The third-order valence-electron chi connectivity index (χ3n) is 11.4. The van der Waals surface area contributed by atoms with Crippen LogP contribution in [0.15, 0.2) is 35.5 Å². The lowest BCUT2D eigenvalue weighted by atomic mass is 9.62. The Morgan fingerprint density at radius 3 is 1.87 bits per heavy atom. The van der Waals surface area contributed by atoms with Crippen molar-refractivity contribution in [2.24, 2.45) is 17.3 Å². The molecule has 0 aromatic rings. The number of fused-ring (bicyclic) bond motifs is 1. The number of aliphatic hydroxyl groups excluding tert-OH is 1. The summed E-state index contributed by atoms with van der Waals surface area (Å²) in [6.45, 7) is 32.4. The van der Waals surface area contributed by atoms with E-state index in [0.29, 0.717) is 11.8 Å². The third kappa shape index (κ3) is 6.53. The number of rotatable bonds is 6. The van der Waals surface area contributed by atoms with E-state index in [9.17, 15) is 5.11 Å². The summed E-state index contributed by atoms with van der Waals surface area (Å²) in [6.07, 6.45) is 12.6. The Kier molecular flexibility index (Phi) is 9.34. The largest absolute Gasteiger partial charge is 0.410 e. The Morgan fingerprint density at radius 1 is 0.921 bits per heavy atom. The maximum absolute atomic E-state index is 10.5. The minimum Gasteiger partial charge on any atom is -0.410 e. The molecule has 38 heavy (non-hydrogen) atoms. The Labute approximate surface area is 237 Å². The first-order valence-electron chi connectivity index (χ1n) is 15.3. The maximum atomic E-state index is 10.5. The van der Waals surface area contributed by atoms with Crippen LogP contribution in [0.1, 0.15) is 100 Å². The molecule has 0 radical (unpaired) electrons. The van der Waals surface area contributed by atoms with Gasteiger partial charge in [0, 0.05) is 0 Å². The van der Waals surface area contributed by atoms with Crippen LogP contribution in [-0.4, -0.2) is 40.1 Å². The second-order valence-corrected chi connectivity index (χ2v) is 25.6. The molecule has 0 unspecified atom stereocenters. The normalized spacial score (nSPS) is 33.4. The molecule has 1 N–H and O–H groups in total. The monoisotopic (exact) mass is 560 g/mol. The first kappa shape index (κ1) is 32.1. The van der Waals surface area contributed by atoms with Crippen LogP contribution in [0.5, 0.6) is 0 Å². The van der Waals surface area contributed by atoms with E-state index in [1.807, 2.05) is 6.92 Å². The van der Waals surface area contributed by atoms with Crippen molar-refractivity contribution < 1.29 is 14.0 Å². The lowest BCUT2D eigenvalue weighted by Crippen LogP contribution is -2.49. The van der Waals surface area contributed by atoms with Crippen molar-refractivity contribution >= 4 is 16.6 Å². The number of aliphatic hydroxyl groups is 1. The lowest BCUT2D eigenvalue weighted by Gasteiger charge is -2.46. The van der Waals surface area contributed by atoms with Gasteiger partial charge in [-0.15, -0.1) is 0 Å². The first-order chi connectivity index (χ1) is 17.2. The molecule has 3 aliphatic rings. The highest BCUT2D eigenvalue weighted by Gasteiger charge is 2.50. The van der Waals surface area contributed by atoms with E-state index in [1.54, 1.807) is 5.57 Å². The molecule has 0 aliphatic heterocycles. The Bertz CT molecular complexity index is 889. The second-order valence-electron chi connectivity index (χ2n) is 16.1. The molecule has 0 heterocycles. The predicted octanol–water partition coefficient (Wildman–Crippen LogP) is 9.57. The van der Waals surface area contributed by atoms with Crippen molar-refractivity contribution in [3.63, 3.8) is 0 Å². The minimum atomic E-state index is -1.96. The van der Waals surface area contributed by atoms with E-state index in [2.05, 4.69) is 93.4 Å². The molecule has 5 heteroatoms. The average molecular weight is 561 g/mol. The molecule has 0 amide bonds. The molecule has 6 atom stereocenters. The van der Waals surface area contributed by atoms with Gasteiger partial charge in [-0.25, -0.2) is 0 Å². The maximum Gasteiger partial charge on any atom is 0.192 e.